The average molecular weight is 333 g/mol. The van der Waals surface area contributed by atoms with E-state index in [0.29, 0.717) is 0 Å². The van der Waals surface area contributed by atoms with Crippen molar-refractivity contribution in [3.05, 3.63) is 24.3 Å². The molecule has 0 saturated heterocycles. The Morgan fingerprint density at radius 3 is 2.68 bits per heavy atom. The van der Waals surface area contributed by atoms with Gasteiger partial charge in [-0.05, 0) is 31.9 Å². The molecule has 0 fully saturated rings. The Kier molecular flexibility index (Phi) is 5.09. The SMILES string of the molecule is CC(Sc1nc2ccccc2s1)C(=O)NC(C)(C#N)C(C)C. The van der Waals surface area contributed by atoms with Crippen LogP contribution in [0, 0.1) is 17.2 Å². The Balaban J connectivity index is 2.07. The predicted octanol–water partition coefficient (Wildman–Crippen LogP) is 3.83. The fourth-order valence-corrected chi connectivity index (χ4v) is 3.98. The summed E-state index contributed by atoms with van der Waals surface area (Å²) < 4.78 is 1.98. The van der Waals surface area contributed by atoms with E-state index < -0.39 is 5.54 Å². The first-order chi connectivity index (χ1) is 10.4. The van der Waals surface area contributed by atoms with Crippen LogP contribution in [-0.2, 0) is 4.79 Å². The predicted molar refractivity (Wildman–Crippen MR) is 91.9 cm³/mol. The fourth-order valence-electron chi connectivity index (χ4n) is 1.77. The quantitative estimate of drug-likeness (QED) is 0.845. The summed E-state index contributed by atoms with van der Waals surface area (Å²) in [6.07, 6.45) is 0. The fraction of sp³-hybridized carbons (Fsp3) is 0.438. The lowest BCUT2D eigenvalue weighted by Crippen LogP contribution is -2.51. The van der Waals surface area contributed by atoms with Crippen LogP contribution in [0.15, 0.2) is 28.6 Å². The minimum Gasteiger partial charge on any atom is -0.337 e. The molecule has 4 nitrogen and oxygen atoms in total. The number of nitriles is 1. The van der Waals surface area contributed by atoms with Crippen molar-refractivity contribution >= 4 is 39.2 Å². The number of nitrogens with one attached hydrogen (secondary N) is 1. The van der Waals surface area contributed by atoms with Gasteiger partial charge in [-0.1, -0.05) is 37.7 Å². The molecule has 2 rings (SSSR count). The first-order valence-electron chi connectivity index (χ1n) is 7.11. The summed E-state index contributed by atoms with van der Waals surface area (Å²) >= 11 is 3.01. The first-order valence-corrected chi connectivity index (χ1v) is 8.81. The number of carbonyl (C=O) groups excluding carboxylic acids is 1. The second kappa shape index (κ2) is 6.67. The number of hydrogen-bond donors (Lipinski definition) is 1. The van der Waals surface area contributed by atoms with E-state index in [4.69, 9.17) is 0 Å². The van der Waals surface area contributed by atoms with Crippen molar-refractivity contribution in [3.63, 3.8) is 0 Å². The second-order valence-corrected chi connectivity index (χ2v) is 8.28. The zero-order valence-corrected chi connectivity index (χ0v) is 14.7. The summed E-state index contributed by atoms with van der Waals surface area (Å²) in [5, 5.41) is 11.8. The normalized spacial score (nSPS) is 15.3. The van der Waals surface area contributed by atoms with Gasteiger partial charge in [0, 0.05) is 0 Å². The van der Waals surface area contributed by atoms with Gasteiger partial charge in [-0.25, -0.2) is 4.98 Å². The number of benzene rings is 1. The molecular weight excluding hydrogens is 314 g/mol. The summed E-state index contributed by atoms with van der Waals surface area (Å²) in [6.45, 7) is 7.44. The second-order valence-electron chi connectivity index (χ2n) is 5.67. The molecule has 1 N–H and O–H groups in total. The third-order valence-corrected chi connectivity index (χ3v) is 5.92. The van der Waals surface area contributed by atoms with Crippen molar-refractivity contribution in [1.82, 2.24) is 10.3 Å². The molecule has 22 heavy (non-hydrogen) atoms. The van der Waals surface area contributed by atoms with Gasteiger partial charge >= 0.3 is 0 Å². The molecule has 0 radical (unpaired) electrons. The lowest BCUT2D eigenvalue weighted by molar-refractivity contribution is -0.121. The summed E-state index contributed by atoms with van der Waals surface area (Å²) in [6, 6.07) is 10.1. The number of hydrogen-bond acceptors (Lipinski definition) is 5. The largest absolute Gasteiger partial charge is 0.337 e. The number of aromatic nitrogens is 1. The highest BCUT2D eigenvalue weighted by atomic mass is 32.2. The number of fused-ring (bicyclic) bond motifs is 1. The average Bonchev–Trinajstić information content (AvgIpc) is 2.88. The third-order valence-electron chi connectivity index (χ3n) is 3.69. The maximum absolute atomic E-state index is 12.3. The van der Waals surface area contributed by atoms with Crippen LogP contribution in [-0.4, -0.2) is 21.7 Å². The highest BCUT2D eigenvalue weighted by Crippen LogP contribution is 2.32. The Labute approximate surface area is 138 Å². The van der Waals surface area contributed by atoms with E-state index in [1.165, 1.54) is 11.8 Å². The Morgan fingerprint density at radius 2 is 2.09 bits per heavy atom. The molecule has 2 unspecified atom stereocenters. The van der Waals surface area contributed by atoms with Crippen molar-refractivity contribution in [3.8, 4) is 6.07 Å². The molecule has 2 aromatic rings. The lowest BCUT2D eigenvalue weighted by Gasteiger charge is -2.28. The van der Waals surface area contributed by atoms with E-state index >= 15 is 0 Å². The van der Waals surface area contributed by atoms with Gasteiger partial charge in [-0.3, -0.25) is 4.79 Å². The maximum Gasteiger partial charge on any atom is 0.234 e. The van der Waals surface area contributed by atoms with Gasteiger partial charge < -0.3 is 5.32 Å². The number of thiazole rings is 1. The van der Waals surface area contributed by atoms with Gasteiger partial charge in [0.1, 0.15) is 5.54 Å². The van der Waals surface area contributed by atoms with Crippen LogP contribution in [0.2, 0.25) is 0 Å². The van der Waals surface area contributed by atoms with Crippen LogP contribution in [0.25, 0.3) is 10.2 Å². The topological polar surface area (TPSA) is 65.8 Å². The minimum atomic E-state index is -0.848. The minimum absolute atomic E-state index is 0.0427. The first kappa shape index (κ1) is 16.8. The molecule has 0 aliphatic carbocycles. The van der Waals surface area contributed by atoms with Crippen molar-refractivity contribution in [2.24, 2.45) is 5.92 Å². The Morgan fingerprint density at radius 1 is 1.41 bits per heavy atom. The van der Waals surface area contributed by atoms with Gasteiger partial charge in [-0.2, -0.15) is 5.26 Å². The van der Waals surface area contributed by atoms with Crippen LogP contribution in [0.1, 0.15) is 27.7 Å². The number of nitrogens with zero attached hydrogens (tertiary/aromatic N) is 2. The van der Waals surface area contributed by atoms with E-state index in [9.17, 15) is 10.1 Å². The van der Waals surface area contributed by atoms with Gasteiger partial charge in [0.25, 0.3) is 0 Å². The summed E-state index contributed by atoms with van der Waals surface area (Å²) in [7, 11) is 0. The molecule has 0 aliphatic heterocycles. The van der Waals surface area contributed by atoms with Gasteiger partial charge in [-0.15, -0.1) is 11.3 Å². The van der Waals surface area contributed by atoms with E-state index in [2.05, 4.69) is 16.4 Å². The molecule has 0 spiro atoms. The number of amides is 1. The van der Waals surface area contributed by atoms with Crippen LogP contribution in [0.5, 0.6) is 0 Å². The number of thioether (sulfide) groups is 1. The van der Waals surface area contributed by atoms with Gasteiger partial charge in [0.15, 0.2) is 4.34 Å². The molecule has 0 saturated carbocycles. The molecule has 1 aromatic carbocycles. The Hall–Kier alpha value is -1.58. The van der Waals surface area contributed by atoms with Crippen molar-refractivity contribution < 1.29 is 4.79 Å². The molecule has 6 heteroatoms. The molecular formula is C16H19N3OS2. The van der Waals surface area contributed by atoms with Gasteiger partial charge in [0.2, 0.25) is 5.91 Å². The zero-order chi connectivity index (χ0) is 16.3. The molecule has 1 amide bonds. The standard InChI is InChI=1S/C16H19N3OS2/c1-10(2)16(4,9-17)19-14(20)11(3)21-15-18-12-7-5-6-8-13(12)22-15/h5-8,10-11H,1-4H3,(H,19,20). The molecule has 2 atom stereocenters. The highest BCUT2D eigenvalue weighted by Gasteiger charge is 2.32. The third kappa shape index (κ3) is 3.60. The summed E-state index contributed by atoms with van der Waals surface area (Å²) in [4.78, 5) is 16.9. The van der Waals surface area contributed by atoms with Crippen molar-refractivity contribution in [1.29, 1.82) is 5.26 Å². The van der Waals surface area contributed by atoms with Gasteiger partial charge in [0.05, 0.1) is 21.5 Å². The van der Waals surface area contributed by atoms with E-state index in [-0.39, 0.29) is 17.1 Å². The number of para-hydroxylation sites is 1. The molecule has 1 heterocycles. The molecule has 0 bridgehead atoms. The summed E-state index contributed by atoms with van der Waals surface area (Å²) in [5.41, 5.74) is 0.103. The van der Waals surface area contributed by atoms with Crippen molar-refractivity contribution in [2.45, 2.75) is 42.8 Å². The van der Waals surface area contributed by atoms with Crippen LogP contribution in [0.3, 0.4) is 0 Å². The summed E-state index contributed by atoms with van der Waals surface area (Å²) in [5.74, 6) is -0.0943. The van der Waals surface area contributed by atoms with Crippen LogP contribution >= 0.6 is 23.1 Å². The molecule has 0 aliphatic rings. The smallest absolute Gasteiger partial charge is 0.234 e. The molecule has 116 valence electrons. The number of carbonyl (C=O) groups is 1. The Bertz CT molecular complexity index is 686. The van der Waals surface area contributed by atoms with Crippen LogP contribution < -0.4 is 5.32 Å². The molecule has 1 aromatic heterocycles. The lowest BCUT2D eigenvalue weighted by atomic mass is 9.90. The monoisotopic (exact) mass is 333 g/mol. The van der Waals surface area contributed by atoms with E-state index in [1.807, 2.05) is 45.0 Å². The zero-order valence-electron chi connectivity index (χ0n) is 13.1. The van der Waals surface area contributed by atoms with Crippen molar-refractivity contribution in [2.75, 3.05) is 0 Å². The van der Waals surface area contributed by atoms with Crippen LogP contribution in [0.4, 0.5) is 0 Å². The van der Waals surface area contributed by atoms with E-state index in [1.54, 1.807) is 18.3 Å². The van der Waals surface area contributed by atoms with E-state index in [0.717, 1.165) is 14.6 Å². The highest BCUT2D eigenvalue weighted by molar-refractivity contribution is 8.02. The number of rotatable bonds is 5. The maximum atomic E-state index is 12.3.